The van der Waals surface area contributed by atoms with Crippen LogP contribution in [0.3, 0.4) is 0 Å². The lowest BCUT2D eigenvalue weighted by Gasteiger charge is -2.32. The summed E-state index contributed by atoms with van der Waals surface area (Å²) in [6.45, 7) is 8.35. The molecule has 30 heavy (non-hydrogen) atoms. The van der Waals surface area contributed by atoms with Crippen LogP contribution in [-0.4, -0.2) is 39.3 Å². The zero-order chi connectivity index (χ0) is 22.0. The highest BCUT2D eigenvalue weighted by molar-refractivity contribution is 8.26. The Balaban J connectivity index is 2.10. The zero-order valence-corrected chi connectivity index (χ0v) is 19.7. The molecule has 160 valence electrons. The average molecular weight is 445 g/mol. The van der Waals surface area contributed by atoms with E-state index in [4.69, 9.17) is 12.2 Å². The summed E-state index contributed by atoms with van der Waals surface area (Å²) >= 11 is 6.75. The van der Waals surface area contributed by atoms with Gasteiger partial charge in [-0.15, -0.1) is 0 Å². The Kier molecular flexibility index (Phi) is 7.04. The van der Waals surface area contributed by atoms with Crippen LogP contribution in [0.25, 0.3) is 6.08 Å². The normalized spacial score (nSPS) is 18.6. The largest absolute Gasteiger partial charge is 0.357 e. The second kappa shape index (κ2) is 9.36. The molecule has 0 aromatic carbocycles. The number of nitriles is 1. The second-order valence-electron chi connectivity index (χ2n) is 8.28. The molecule has 3 rings (SSSR count). The molecule has 1 aromatic rings. The Morgan fingerprint density at radius 3 is 2.50 bits per heavy atom. The summed E-state index contributed by atoms with van der Waals surface area (Å²) < 4.78 is 2.12. The number of piperidine rings is 1. The van der Waals surface area contributed by atoms with E-state index in [-0.39, 0.29) is 17.0 Å². The fraction of sp³-hybridized carbons (Fsp3) is 0.545. The average Bonchev–Trinajstić information content (AvgIpc) is 2.98. The molecule has 1 amide bonds. The minimum absolute atomic E-state index is 0.0954. The Morgan fingerprint density at radius 1 is 1.23 bits per heavy atom. The molecule has 3 heterocycles. The standard InChI is InChI=1S/C22H28N4O2S2/c1-14(2)8-11-26-21(28)18(30-22(26)29)12-16-15(3)17(13-23)20(27)24(4)19(16)25-9-6-5-7-10-25/h12,14H,5-11H2,1-4H3/b18-12+. The van der Waals surface area contributed by atoms with Crippen LogP contribution < -0.4 is 10.5 Å². The minimum Gasteiger partial charge on any atom is -0.357 e. The van der Waals surface area contributed by atoms with Crippen molar-refractivity contribution in [2.75, 3.05) is 24.5 Å². The molecule has 2 aliphatic rings. The van der Waals surface area contributed by atoms with Crippen molar-refractivity contribution in [3.63, 3.8) is 0 Å². The second-order valence-corrected chi connectivity index (χ2v) is 9.95. The number of thioether (sulfide) groups is 1. The van der Waals surface area contributed by atoms with E-state index in [0.29, 0.717) is 27.3 Å². The lowest BCUT2D eigenvalue weighted by molar-refractivity contribution is -0.122. The number of pyridine rings is 1. The van der Waals surface area contributed by atoms with Gasteiger partial charge in [-0.1, -0.05) is 37.8 Å². The van der Waals surface area contributed by atoms with Gasteiger partial charge < -0.3 is 4.90 Å². The third-order valence-electron chi connectivity index (χ3n) is 5.70. The van der Waals surface area contributed by atoms with Crippen molar-refractivity contribution < 1.29 is 4.79 Å². The number of hydrogen-bond acceptors (Lipinski definition) is 6. The van der Waals surface area contributed by atoms with Crippen LogP contribution in [0.2, 0.25) is 0 Å². The van der Waals surface area contributed by atoms with E-state index in [1.165, 1.54) is 18.2 Å². The van der Waals surface area contributed by atoms with E-state index < -0.39 is 0 Å². The monoisotopic (exact) mass is 444 g/mol. The summed E-state index contributed by atoms with van der Waals surface area (Å²) in [4.78, 5) is 30.2. The highest BCUT2D eigenvalue weighted by atomic mass is 32.2. The third kappa shape index (κ3) is 4.33. The first-order valence-corrected chi connectivity index (χ1v) is 11.6. The number of nitrogens with zero attached hydrogens (tertiary/aromatic N) is 4. The predicted molar refractivity (Wildman–Crippen MR) is 127 cm³/mol. The molecule has 1 aromatic heterocycles. The van der Waals surface area contributed by atoms with Gasteiger partial charge in [-0.3, -0.25) is 19.1 Å². The third-order valence-corrected chi connectivity index (χ3v) is 7.08. The fourth-order valence-corrected chi connectivity index (χ4v) is 5.20. The van der Waals surface area contributed by atoms with Crippen LogP contribution in [0.4, 0.5) is 5.82 Å². The van der Waals surface area contributed by atoms with E-state index in [0.717, 1.165) is 43.7 Å². The molecule has 0 unspecified atom stereocenters. The molecule has 0 saturated carbocycles. The smallest absolute Gasteiger partial charge is 0.270 e. The number of aromatic nitrogens is 1. The maximum absolute atomic E-state index is 13.0. The molecule has 0 spiro atoms. The van der Waals surface area contributed by atoms with Gasteiger partial charge in [0.1, 0.15) is 21.8 Å². The van der Waals surface area contributed by atoms with Gasteiger partial charge in [0.05, 0.1) is 4.91 Å². The maximum Gasteiger partial charge on any atom is 0.270 e. The first-order valence-electron chi connectivity index (χ1n) is 10.4. The number of hydrogen-bond donors (Lipinski definition) is 0. The summed E-state index contributed by atoms with van der Waals surface area (Å²) in [5.74, 6) is 1.17. The minimum atomic E-state index is -0.294. The van der Waals surface area contributed by atoms with Crippen molar-refractivity contribution in [2.24, 2.45) is 13.0 Å². The Hall–Kier alpha value is -2.11. The number of anilines is 1. The van der Waals surface area contributed by atoms with Crippen molar-refractivity contribution in [1.29, 1.82) is 5.26 Å². The first kappa shape index (κ1) is 22.6. The van der Waals surface area contributed by atoms with Crippen LogP contribution >= 0.6 is 24.0 Å². The quantitative estimate of drug-likeness (QED) is 0.508. The highest BCUT2D eigenvalue weighted by Gasteiger charge is 2.33. The Morgan fingerprint density at radius 2 is 1.90 bits per heavy atom. The van der Waals surface area contributed by atoms with E-state index >= 15 is 0 Å². The molecule has 2 aliphatic heterocycles. The van der Waals surface area contributed by atoms with Gasteiger partial charge >= 0.3 is 0 Å². The van der Waals surface area contributed by atoms with E-state index in [2.05, 4.69) is 24.8 Å². The number of carbonyl (C=O) groups is 1. The van der Waals surface area contributed by atoms with Crippen molar-refractivity contribution >= 4 is 46.1 Å². The Bertz CT molecular complexity index is 998. The molecule has 8 heteroatoms. The van der Waals surface area contributed by atoms with Crippen molar-refractivity contribution in [3.8, 4) is 6.07 Å². The molecule has 2 saturated heterocycles. The number of rotatable bonds is 5. The van der Waals surface area contributed by atoms with E-state index in [9.17, 15) is 14.9 Å². The lowest BCUT2D eigenvalue weighted by Crippen LogP contribution is -2.36. The summed E-state index contributed by atoms with van der Waals surface area (Å²) in [6, 6.07) is 2.05. The van der Waals surface area contributed by atoms with Crippen molar-refractivity contribution in [1.82, 2.24) is 9.47 Å². The summed E-state index contributed by atoms with van der Waals surface area (Å²) in [5, 5.41) is 9.57. The molecule has 0 atom stereocenters. The molecule has 2 fully saturated rings. The maximum atomic E-state index is 13.0. The van der Waals surface area contributed by atoms with E-state index in [1.54, 1.807) is 23.4 Å². The van der Waals surface area contributed by atoms with Gasteiger partial charge in [-0.25, -0.2) is 0 Å². The van der Waals surface area contributed by atoms with Crippen LogP contribution in [0.1, 0.15) is 56.2 Å². The topological polar surface area (TPSA) is 69.3 Å². The van der Waals surface area contributed by atoms with Gasteiger partial charge in [-0.2, -0.15) is 5.26 Å². The summed E-state index contributed by atoms with van der Waals surface area (Å²) in [5.41, 5.74) is 1.21. The van der Waals surface area contributed by atoms with Crippen LogP contribution in [-0.2, 0) is 11.8 Å². The fourth-order valence-electron chi connectivity index (χ4n) is 3.91. The van der Waals surface area contributed by atoms with Crippen LogP contribution in [0.15, 0.2) is 9.70 Å². The number of amides is 1. The first-order chi connectivity index (χ1) is 14.3. The van der Waals surface area contributed by atoms with Crippen molar-refractivity contribution in [3.05, 3.63) is 31.9 Å². The SMILES string of the molecule is Cc1c(/C=C2/SC(=S)N(CCC(C)C)C2=O)c(N2CCCCC2)n(C)c(=O)c1C#N. The summed E-state index contributed by atoms with van der Waals surface area (Å²) in [6.07, 6.45) is 6.00. The Labute approximate surface area is 187 Å². The van der Waals surface area contributed by atoms with E-state index in [1.807, 2.05) is 6.08 Å². The molecule has 0 N–H and O–H groups in total. The van der Waals surface area contributed by atoms with Gasteiger partial charge in [-0.05, 0) is 50.2 Å². The van der Waals surface area contributed by atoms with Gasteiger partial charge in [0.15, 0.2) is 0 Å². The molecular weight excluding hydrogens is 416 g/mol. The molecule has 0 bridgehead atoms. The molecule has 6 nitrogen and oxygen atoms in total. The van der Waals surface area contributed by atoms with Gasteiger partial charge in [0, 0.05) is 32.2 Å². The zero-order valence-electron chi connectivity index (χ0n) is 18.0. The predicted octanol–water partition coefficient (Wildman–Crippen LogP) is 3.80. The van der Waals surface area contributed by atoms with Crippen molar-refractivity contribution in [2.45, 2.75) is 46.5 Å². The number of carbonyl (C=O) groups excluding carboxylic acids is 1. The highest BCUT2D eigenvalue weighted by Crippen LogP contribution is 2.36. The molecule has 0 aliphatic carbocycles. The van der Waals surface area contributed by atoms with Gasteiger partial charge in [0.2, 0.25) is 0 Å². The molecule has 0 radical (unpaired) electrons. The lowest BCUT2D eigenvalue weighted by atomic mass is 10.0. The number of thiocarbonyl (C=S) groups is 1. The van der Waals surface area contributed by atoms with Gasteiger partial charge in [0.25, 0.3) is 11.5 Å². The molecular formula is C22H28N4O2S2. The van der Waals surface area contributed by atoms with Crippen LogP contribution in [0.5, 0.6) is 0 Å². The van der Waals surface area contributed by atoms with Crippen LogP contribution in [0, 0.1) is 24.2 Å². The summed E-state index contributed by atoms with van der Waals surface area (Å²) in [7, 11) is 1.71.